The zero-order chi connectivity index (χ0) is 42.6. The van der Waals surface area contributed by atoms with Gasteiger partial charge in [0.15, 0.2) is 5.82 Å². The van der Waals surface area contributed by atoms with Gasteiger partial charge in [-0.3, -0.25) is 0 Å². The Morgan fingerprint density at radius 1 is 0.500 bits per heavy atom. The normalized spacial score (nSPS) is 17.6. The molecule has 0 amide bonds. The van der Waals surface area contributed by atoms with E-state index in [1.165, 1.54) is 109 Å². The van der Waals surface area contributed by atoms with Crippen molar-refractivity contribution in [3.8, 4) is 67.3 Å². The Kier molecular flexibility index (Phi) is 8.53. The second-order valence-corrected chi connectivity index (χ2v) is 20.2. The van der Waals surface area contributed by atoms with Crippen LogP contribution in [0.15, 0.2) is 176 Å². The zero-order valence-corrected chi connectivity index (χ0v) is 37.2. The number of hydrogen-bond acceptors (Lipinski definition) is 3. The van der Waals surface area contributed by atoms with Crippen LogP contribution in [0.5, 0.6) is 0 Å². The summed E-state index contributed by atoms with van der Waals surface area (Å²) in [6, 6.07) is 58.2. The first-order valence-corrected chi connectivity index (χ1v) is 24.0. The number of hydrogen-bond donors (Lipinski definition) is 0. The third-order valence-corrected chi connectivity index (χ3v) is 16.6. The third-order valence-electron chi connectivity index (χ3n) is 15.4. The van der Waals surface area contributed by atoms with Gasteiger partial charge in [-0.1, -0.05) is 173 Å². The fourth-order valence-electron chi connectivity index (χ4n) is 12.1. The lowest BCUT2D eigenvalue weighted by molar-refractivity contribution is 0.241. The highest BCUT2D eigenvalue weighted by molar-refractivity contribution is 7.26. The molecule has 0 radical (unpaired) electrons. The summed E-state index contributed by atoms with van der Waals surface area (Å²) in [6.45, 7) is 4.88. The van der Waals surface area contributed by atoms with Crippen molar-refractivity contribution in [2.24, 2.45) is 5.92 Å². The van der Waals surface area contributed by atoms with E-state index in [1.807, 2.05) is 17.4 Å². The summed E-state index contributed by atoms with van der Waals surface area (Å²) in [5.74, 6) is 1.35. The fraction of sp³-hybridized carbons (Fsp3) is 0.180. The first-order chi connectivity index (χ1) is 31.4. The van der Waals surface area contributed by atoms with Gasteiger partial charge in [0, 0.05) is 47.7 Å². The molecule has 308 valence electrons. The molecule has 2 aromatic heterocycles. The molecule has 1 saturated carbocycles. The molecular weight excluding hydrogens is 793 g/mol. The standard InChI is InChI=1S/C61H48N2S/c1-60(2)51-29-27-42(33-47(51)49-36-54-48(35-53(49)60)44-19-10-11-22-52(44)61(54)31-12-5-13-32-61)43-28-30-57-50(34-43)45-20-14-21-46(58(45)64-57)56-37-55(62-59(63-56)41-17-8-4-9-18-41)40-25-23-39(24-26-40)38-15-6-3-7-16-38/h3-4,6-11,14-21,23-30,33-37,52H,5,12-13,22,31-32H2,1-2H3. The van der Waals surface area contributed by atoms with Crippen LogP contribution in [0.2, 0.25) is 0 Å². The largest absolute Gasteiger partial charge is 0.228 e. The van der Waals surface area contributed by atoms with Crippen LogP contribution in [-0.2, 0) is 10.8 Å². The molecule has 3 heteroatoms. The minimum Gasteiger partial charge on any atom is -0.228 e. The van der Waals surface area contributed by atoms with E-state index in [0.717, 1.165) is 33.9 Å². The molecule has 9 aromatic rings. The van der Waals surface area contributed by atoms with E-state index in [0.29, 0.717) is 5.92 Å². The van der Waals surface area contributed by atoms with Crippen molar-refractivity contribution in [2.45, 2.75) is 63.2 Å². The van der Waals surface area contributed by atoms with Gasteiger partial charge in [-0.2, -0.15) is 0 Å². The van der Waals surface area contributed by atoms with E-state index in [4.69, 9.17) is 9.97 Å². The Morgan fingerprint density at radius 3 is 1.98 bits per heavy atom. The summed E-state index contributed by atoms with van der Waals surface area (Å²) >= 11 is 1.86. The highest BCUT2D eigenvalue weighted by Crippen LogP contribution is 2.62. The summed E-state index contributed by atoms with van der Waals surface area (Å²) < 4.78 is 2.53. The molecule has 1 atom stereocenters. The van der Waals surface area contributed by atoms with Gasteiger partial charge in [-0.25, -0.2) is 9.97 Å². The molecule has 0 bridgehead atoms. The molecule has 7 aromatic carbocycles. The van der Waals surface area contributed by atoms with E-state index in [9.17, 15) is 0 Å². The van der Waals surface area contributed by atoms with E-state index in [-0.39, 0.29) is 10.8 Å². The van der Waals surface area contributed by atoms with Crippen LogP contribution < -0.4 is 0 Å². The average Bonchev–Trinajstić information content (AvgIpc) is 3.94. The van der Waals surface area contributed by atoms with Crippen LogP contribution in [0, 0.1) is 5.92 Å². The number of benzene rings is 7. The van der Waals surface area contributed by atoms with Gasteiger partial charge in [0.25, 0.3) is 0 Å². The Labute approximate surface area is 379 Å². The summed E-state index contributed by atoms with van der Waals surface area (Å²) in [4.78, 5) is 10.4. The predicted octanol–water partition coefficient (Wildman–Crippen LogP) is 16.7. The van der Waals surface area contributed by atoms with Gasteiger partial charge in [-0.05, 0) is 123 Å². The van der Waals surface area contributed by atoms with E-state index in [1.54, 1.807) is 11.1 Å². The van der Waals surface area contributed by atoms with Crippen molar-refractivity contribution in [1.29, 1.82) is 0 Å². The van der Waals surface area contributed by atoms with Crippen LogP contribution in [0.4, 0.5) is 0 Å². The molecule has 1 spiro atoms. The maximum Gasteiger partial charge on any atom is 0.160 e. The first-order valence-electron chi connectivity index (χ1n) is 23.2. The highest BCUT2D eigenvalue weighted by atomic mass is 32.1. The number of allylic oxidation sites excluding steroid dienone is 4. The topological polar surface area (TPSA) is 25.8 Å². The Hall–Kier alpha value is -6.68. The van der Waals surface area contributed by atoms with Crippen molar-refractivity contribution < 1.29 is 0 Å². The Bertz CT molecular complexity index is 3400. The Morgan fingerprint density at radius 2 is 1.17 bits per heavy atom. The predicted molar refractivity (Wildman–Crippen MR) is 270 cm³/mol. The molecule has 1 fully saturated rings. The second kappa shape index (κ2) is 14.4. The van der Waals surface area contributed by atoms with Gasteiger partial charge in [-0.15, -0.1) is 11.3 Å². The number of nitrogens with zero attached hydrogens (tertiary/aromatic N) is 2. The zero-order valence-electron chi connectivity index (χ0n) is 36.4. The molecule has 1 unspecified atom stereocenters. The molecule has 2 nitrogen and oxygen atoms in total. The van der Waals surface area contributed by atoms with Crippen molar-refractivity contribution in [3.05, 3.63) is 198 Å². The minimum absolute atomic E-state index is 0.0577. The summed E-state index contributed by atoms with van der Waals surface area (Å²) in [5.41, 5.74) is 20.8. The molecule has 13 rings (SSSR count). The molecule has 0 N–H and O–H groups in total. The van der Waals surface area contributed by atoms with Crippen LogP contribution >= 0.6 is 11.3 Å². The lowest BCUT2D eigenvalue weighted by atomic mass is 9.63. The number of rotatable bonds is 5. The van der Waals surface area contributed by atoms with Crippen molar-refractivity contribution in [2.75, 3.05) is 0 Å². The minimum atomic E-state index is -0.0577. The van der Waals surface area contributed by atoms with E-state index >= 15 is 0 Å². The van der Waals surface area contributed by atoms with Crippen LogP contribution in [0.1, 0.15) is 74.6 Å². The van der Waals surface area contributed by atoms with E-state index in [2.05, 4.69) is 184 Å². The van der Waals surface area contributed by atoms with Crippen LogP contribution in [0.3, 0.4) is 0 Å². The van der Waals surface area contributed by atoms with Gasteiger partial charge in [0.2, 0.25) is 0 Å². The summed E-state index contributed by atoms with van der Waals surface area (Å²) in [5, 5.41) is 2.55. The molecular formula is C61H48N2S. The van der Waals surface area contributed by atoms with Gasteiger partial charge >= 0.3 is 0 Å². The Balaban J connectivity index is 0.906. The fourth-order valence-corrected chi connectivity index (χ4v) is 13.3. The van der Waals surface area contributed by atoms with Crippen molar-refractivity contribution in [1.82, 2.24) is 9.97 Å². The highest BCUT2D eigenvalue weighted by Gasteiger charge is 2.51. The van der Waals surface area contributed by atoms with Gasteiger partial charge in [0.1, 0.15) is 0 Å². The quantitative estimate of drug-likeness (QED) is 0.173. The monoisotopic (exact) mass is 840 g/mol. The lowest BCUT2D eigenvalue weighted by Crippen LogP contribution is -2.34. The van der Waals surface area contributed by atoms with Crippen molar-refractivity contribution in [3.63, 3.8) is 0 Å². The van der Waals surface area contributed by atoms with Gasteiger partial charge < -0.3 is 0 Å². The average molecular weight is 841 g/mol. The molecule has 2 heterocycles. The smallest absolute Gasteiger partial charge is 0.160 e. The molecule has 4 aliphatic carbocycles. The second-order valence-electron chi connectivity index (χ2n) is 19.2. The molecule has 4 aliphatic rings. The van der Waals surface area contributed by atoms with Crippen LogP contribution in [0.25, 0.3) is 93.0 Å². The molecule has 64 heavy (non-hydrogen) atoms. The molecule has 0 aliphatic heterocycles. The van der Waals surface area contributed by atoms with E-state index < -0.39 is 0 Å². The molecule has 0 saturated heterocycles. The first kappa shape index (κ1) is 37.8. The third kappa shape index (κ3) is 5.76. The summed E-state index contributed by atoms with van der Waals surface area (Å²) in [6.07, 6.45) is 15.0. The number of aromatic nitrogens is 2. The maximum absolute atomic E-state index is 5.27. The maximum atomic E-state index is 5.27. The van der Waals surface area contributed by atoms with Crippen molar-refractivity contribution >= 4 is 37.1 Å². The number of fused-ring (bicyclic) bond motifs is 11. The lowest BCUT2D eigenvalue weighted by Gasteiger charge is -2.40. The van der Waals surface area contributed by atoms with Gasteiger partial charge in [0.05, 0.1) is 11.4 Å². The summed E-state index contributed by atoms with van der Waals surface area (Å²) in [7, 11) is 0. The number of thiophene rings is 1. The van der Waals surface area contributed by atoms with Crippen LogP contribution in [-0.4, -0.2) is 9.97 Å². The SMILES string of the molecule is CC1(C)c2ccc(-c3ccc4sc5c(-c6cc(-c7ccc(-c8ccccc8)cc7)nc(-c7ccccc7)n6)cccc5c4c3)cc2-c2cc3c(cc21)C1=CC=CCC1C31CCCCC1.